The molecule has 0 aromatic carbocycles. The summed E-state index contributed by atoms with van der Waals surface area (Å²) in [6, 6.07) is 5.18. The smallest absolute Gasteiger partial charge is 0.169 e. The van der Waals surface area contributed by atoms with E-state index in [1.54, 1.807) is 25.1 Å². The third kappa shape index (κ3) is 3.38. The Kier molecular flexibility index (Phi) is 4.00. The number of hydrogen-bond acceptors (Lipinski definition) is 5. The molecule has 0 saturated carbocycles. The Morgan fingerprint density at radius 2 is 2.21 bits per heavy atom. The minimum absolute atomic E-state index is 0.0245. The molecule has 0 unspecified atom stereocenters. The summed E-state index contributed by atoms with van der Waals surface area (Å²) in [5.41, 5.74) is 6.39. The third-order valence-electron chi connectivity index (χ3n) is 2.69. The number of aromatic nitrogens is 2. The quantitative estimate of drug-likeness (QED) is 0.891. The molecule has 2 heterocycles. The molecule has 2 N–H and O–H groups in total. The molecule has 0 amide bonds. The van der Waals surface area contributed by atoms with Crippen molar-refractivity contribution in [1.82, 2.24) is 9.78 Å². The van der Waals surface area contributed by atoms with Gasteiger partial charge in [0.15, 0.2) is 20.3 Å². The van der Waals surface area contributed by atoms with Crippen LogP contribution >= 0.6 is 15.9 Å². The van der Waals surface area contributed by atoms with Crippen LogP contribution in [0.4, 0.5) is 5.82 Å². The number of anilines is 1. The van der Waals surface area contributed by atoms with Crippen LogP contribution < -0.4 is 5.73 Å². The van der Waals surface area contributed by atoms with Gasteiger partial charge in [-0.15, -0.1) is 0 Å². The standard InChI is InChI=1S/C11H14BrN3O3S/c1-2-19(16,17)6-5-15-11(13)7-8(14-15)9-3-4-10(12)18-9/h3-4,7H,2,5-6,13H2,1H3. The summed E-state index contributed by atoms with van der Waals surface area (Å²) in [5, 5.41) is 4.24. The molecule has 104 valence electrons. The lowest BCUT2D eigenvalue weighted by molar-refractivity contribution is 0.550. The van der Waals surface area contributed by atoms with Gasteiger partial charge in [-0.3, -0.25) is 0 Å². The lowest BCUT2D eigenvalue weighted by Crippen LogP contribution is -2.16. The first kappa shape index (κ1) is 14.1. The molecule has 0 radical (unpaired) electrons. The molecule has 8 heteroatoms. The van der Waals surface area contributed by atoms with Crippen molar-refractivity contribution in [1.29, 1.82) is 0 Å². The summed E-state index contributed by atoms with van der Waals surface area (Å²) < 4.78 is 30.4. The van der Waals surface area contributed by atoms with Crippen LogP contribution in [0, 0.1) is 0 Å². The lowest BCUT2D eigenvalue weighted by atomic mass is 10.3. The minimum Gasteiger partial charge on any atom is -0.448 e. The molecule has 0 fully saturated rings. The zero-order chi connectivity index (χ0) is 14.0. The molecule has 2 rings (SSSR count). The molecule has 19 heavy (non-hydrogen) atoms. The Morgan fingerprint density at radius 1 is 1.47 bits per heavy atom. The summed E-state index contributed by atoms with van der Waals surface area (Å²) in [5.74, 6) is 1.13. The third-order valence-corrected chi connectivity index (χ3v) is 4.80. The average molecular weight is 348 g/mol. The van der Waals surface area contributed by atoms with E-state index >= 15 is 0 Å². The first-order valence-corrected chi connectivity index (χ1v) is 8.32. The van der Waals surface area contributed by atoms with Crippen LogP contribution in [0.5, 0.6) is 0 Å². The Labute approximate surface area is 119 Å². The number of nitrogens with two attached hydrogens (primary N) is 1. The minimum atomic E-state index is -3.03. The second-order valence-corrected chi connectivity index (χ2v) is 7.27. The van der Waals surface area contributed by atoms with Gasteiger partial charge in [0.1, 0.15) is 11.5 Å². The van der Waals surface area contributed by atoms with Gasteiger partial charge >= 0.3 is 0 Å². The fourth-order valence-electron chi connectivity index (χ4n) is 1.55. The maximum absolute atomic E-state index is 11.5. The van der Waals surface area contributed by atoms with E-state index in [-0.39, 0.29) is 18.1 Å². The van der Waals surface area contributed by atoms with Gasteiger partial charge in [-0.1, -0.05) is 6.92 Å². The van der Waals surface area contributed by atoms with Crippen molar-refractivity contribution >= 4 is 31.6 Å². The van der Waals surface area contributed by atoms with Crippen molar-refractivity contribution in [2.45, 2.75) is 13.5 Å². The Morgan fingerprint density at radius 3 is 2.79 bits per heavy atom. The van der Waals surface area contributed by atoms with Gasteiger partial charge in [0.05, 0.1) is 12.3 Å². The number of nitrogen functional groups attached to an aromatic ring is 1. The zero-order valence-corrected chi connectivity index (χ0v) is 12.7. The molecule has 0 atom stereocenters. The first-order valence-electron chi connectivity index (χ1n) is 5.71. The normalized spacial score (nSPS) is 11.9. The number of nitrogens with zero attached hydrogens (tertiary/aromatic N) is 2. The molecule has 0 aliphatic carbocycles. The second-order valence-electron chi connectivity index (χ2n) is 4.02. The predicted octanol–water partition coefficient (Wildman–Crippen LogP) is 1.92. The average Bonchev–Trinajstić information content (AvgIpc) is 2.93. The number of rotatable bonds is 5. The molecule has 6 nitrogen and oxygen atoms in total. The van der Waals surface area contributed by atoms with Crippen molar-refractivity contribution in [3.8, 4) is 11.5 Å². The molecule has 0 spiro atoms. The van der Waals surface area contributed by atoms with Gasteiger partial charge in [-0.05, 0) is 28.1 Å². The van der Waals surface area contributed by atoms with E-state index in [4.69, 9.17) is 10.2 Å². The molecular weight excluding hydrogens is 334 g/mol. The highest BCUT2D eigenvalue weighted by Crippen LogP contribution is 2.25. The van der Waals surface area contributed by atoms with E-state index in [2.05, 4.69) is 21.0 Å². The number of furan rings is 1. The van der Waals surface area contributed by atoms with Crippen LogP contribution in [0.1, 0.15) is 6.92 Å². The highest BCUT2D eigenvalue weighted by atomic mass is 79.9. The van der Waals surface area contributed by atoms with Gasteiger partial charge < -0.3 is 10.2 Å². The predicted molar refractivity (Wildman–Crippen MR) is 76.4 cm³/mol. The van der Waals surface area contributed by atoms with Crippen molar-refractivity contribution < 1.29 is 12.8 Å². The number of halogens is 1. The number of aryl methyl sites for hydroxylation is 1. The first-order chi connectivity index (χ1) is 8.91. The van der Waals surface area contributed by atoms with Gasteiger partial charge in [0.2, 0.25) is 0 Å². The summed E-state index contributed by atoms with van der Waals surface area (Å²) in [7, 11) is -3.03. The Balaban J connectivity index is 2.18. The molecule has 2 aromatic heterocycles. The van der Waals surface area contributed by atoms with Crippen molar-refractivity contribution in [3.05, 3.63) is 22.9 Å². The molecule has 0 bridgehead atoms. The summed E-state index contributed by atoms with van der Waals surface area (Å²) in [6.07, 6.45) is 0. The summed E-state index contributed by atoms with van der Waals surface area (Å²) in [4.78, 5) is 0. The van der Waals surface area contributed by atoms with E-state index < -0.39 is 9.84 Å². The monoisotopic (exact) mass is 347 g/mol. The molecule has 0 saturated heterocycles. The molecular formula is C11H14BrN3O3S. The van der Waals surface area contributed by atoms with Crippen molar-refractivity contribution in [2.75, 3.05) is 17.2 Å². The largest absolute Gasteiger partial charge is 0.448 e. The van der Waals surface area contributed by atoms with Crippen molar-refractivity contribution in [3.63, 3.8) is 0 Å². The fourth-order valence-corrected chi connectivity index (χ4v) is 2.60. The van der Waals surface area contributed by atoms with E-state index in [1.807, 2.05) is 0 Å². The SMILES string of the molecule is CCS(=O)(=O)CCn1nc(-c2ccc(Br)o2)cc1N. The van der Waals surface area contributed by atoms with Crippen molar-refractivity contribution in [2.24, 2.45) is 0 Å². The van der Waals surface area contributed by atoms with Crippen LogP contribution in [0.3, 0.4) is 0 Å². The summed E-state index contributed by atoms with van der Waals surface area (Å²) in [6.45, 7) is 1.86. The highest BCUT2D eigenvalue weighted by molar-refractivity contribution is 9.10. The molecule has 2 aromatic rings. The van der Waals surface area contributed by atoms with Gasteiger partial charge in [-0.2, -0.15) is 5.10 Å². The van der Waals surface area contributed by atoms with Crippen LogP contribution in [0.15, 0.2) is 27.3 Å². The maximum Gasteiger partial charge on any atom is 0.169 e. The number of hydrogen-bond donors (Lipinski definition) is 1. The van der Waals surface area contributed by atoms with E-state index in [0.717, 1.165) is 0 Å². The van der Waals surface area contributed by atoms with E-state index in [1.165, 1.54) is 4.68 Å². The van der Waals surface area contributed by atoms with Gasteiger partial charge in [-0.25, -0.2) is 13.1 Å². The summed E-state index contributed by atoms with van der Waals surface area (Å²) >= 11 is 3.21. The van der Waals surface area contributed by atoms with Crippen LogP contribution in [0.25, 0.3) is 11.5 Å². The van der Waals surface area contributed by atoms with E-state index in [9.17, 15) is 8.42 Å². The highest BCUT2D eigenvalue weighted by Gasteiger charge is 2.13. The van der Waals surface area contributed by atoms with Gasteiger partial charge in [0.25, 0.3) is 0 Å². The lowest BCUT2D eigenvalue weighted by Gasteiger charge is -2.03. The van der Waals surface area contributed by atoms with Gasteiger partial charge in [0, 0.05) is 11.8 Å². The zero-order valence-electron chi connectivity index (χ0n) is 10.3. The van der Waals surface area contributed by atoms with E-state index in [0.29, 0.717) is 21.9 Å². The maximum atomic E-state index is 11.5. The Bertz CT molecular complexity index is 675. The van der Waals surface area contributed by atoms with Crippen LogP contribution in [-0.4, -0.2) is 29.7 Å². The second kappa shape index (κ2) is 5.38. The fraction of sp³-hybridized carbons (Fsp3) is 0.364. The van der Waals surface area contributed by atoms with Crippen LogP contribution in [0.2, 0.25) is 0 Å². The Hall–Kier alpha value is -1.28. The molecule has 0 aliphatic heterocycles. The topological polar surface area (TPSA) is 91.1 Å². The number of sulfone groups is 1. The van der Waals surface area contributed by atoms with Crippen LogP contribution in [-0.2, 0) is 16.4 Å². The molecule has 0 aliphatic rings.